The molecule has 22 heavy (non-hydrogen) atoms. The van der Waals surface area contributed by atoms with Crippen LogP contribution >= 0.6 is 0 Å². The van der Waals surface area contributed by atoms with Crippen molar-refractivity contribution in [3.05, 3.63) is 48.0 Å². The van der Waals surface area contributed by atoms with Crippen molar-refractivity contribution in [3.63, 3.8) is 0 Å². The highest BCUT2D eigenvalue weighted by atomic mass is 15.3. The molecule has 0 radical (unpaired) electrons. The molecule has 3 rings (SSSR count). The van der Waals surface area contributed by atoms with Gasteiger partial charge in [0, 0.05) is 63.3 Å². The van der Waals surface area contributed by atoms with Crippen LogP contribution in [-0.4, -0.2) is 50.7 Å². The first-order valence-corrected chi connectivity index (χ1v) is 8.15. The van der Waals surface area contributed by atoms with E-state index >= 15 is 0 Å². The van der Waals surface area contributed by atoms with Crippen LogP contribution in [0, 0.1) is 0 Å². The summed E-state index contributed by atoms with van der Waals surface area (Å²) in [4.78, 5) is 9.52. The second-order valence-electron chi connectivity index (χ2n) is 5.95. The second-order valence-corrected chi connectivity index (χ2v) is 5.95. The van der Waals surface area contributed by atoms with Crippen LogP contribution in [0.15, 0.2) is 36.8 Å². The fraction of sp³-hybridized carbons (Fsp3) is 0.529. The predicted octanol–water partition coefficient (Wildman–Crippen LogP) is 2.18. The van der Waals surface area contributed by atoms with Crippen LogP contribution in [0.25, 0.3) is 0 Å². The van der Waals surface area contributed by atoms with Gasteiger partial charge in [-0.15, -0.1) is 0 Å². The first-order chi connectivity index (χ1) is 10.8. The van der Waals surface area contributed by atoms with Gasteiger partial charge in [0.15, 0.2) is 0 Å². The lowest BCUT2D eigenvalue weighted by Gasteiger charge is -2.37. The second kappa shape index (κ2) is 7.03. The van der Waals surface area contributed by atoms with Gasteiger partial charge >= 0.3 is 0 Å². The van der Waals surface area contributed by atoms with E-state index in [-0.39, 0.29) is 0 Å². The lowest BCUT2D eigenvalue weighted by Crippen LogP contribution is -2.46. The van der Waals surface area contributed by atoms with E-state index in [0.29, 0.717) is 6.04 Å². The monoisotopic (exact) mass is 299 g/mol. The van der Waals surface area contributed by atoms with Crippen molar-refractivity contribution < 1.29 is 0 Å². The molecule has 1 fully saturated rings. The number of piperazine rings is 1. The predicted molar refractivity (Wildman–Crippen MR) is 87.4 cm³/mol. The van der Waals surface area contributed by atoms with E-state index in [0.717, 1.165) is 39.3 Å². The maximum Gasteiger partial charge on any atom is 0.0572 e. The van der Waals surface area contributed by atoms with Crippen molar-refractivity contribution in [2.24, 2.45) is 0 Å². The van der Waals surface area contributed by atoms with Crippen molar-refractivity contribution in [2.75, 3.05) is 26.2 Å². The van der Waals surface area contributed by atoms with Gasteiger partial charge in [-0.3, -0.25) is 19.5 Å². The van der Waals surface area contributed by atoms with Gasteiger partial charge in [-0.25, -0.2) is 0 Å². The minimum absolute atomic E-state index is 0.395. The molecule has 1 saturated heterocycles. The van der Waals surface area contributed by atoms with Crippen LogP contribution in [0.3, 0.4) is 0 Å². The maximum atomic E-state index is 4.49. The molecule has 0 amide bonds. The molecular weight excluding hydrogens is 274 g/mol. The summed E-state index contributed by atoms with van der Waals surface area (Å²) in [6, 6.07) is 6.56. The normalized spacial score (nSPS) is 18.5. The van der Waals surface area contributed by atoms with E-state index in [1.54, 1.807) is 0 Å². The topological polar surface area (TPSA) is 37.2 Å². The molecule has 0 bridgehead atoms. The van der Waals surface area contributed by atoms with Gasteiger partial charge in [0.05, 0.1) is 11.9 Å². The van der Waals surface area contributed by atoms with E-state index in [1.807, 2.05) is 23.1 Å². The van der Waals surface area contributed by atoms with Gasteiger partial charge in [-0.05, 0) is 26.0 Å². The average molecular weight is 299 g/mol. The third kappa shape index (κ3) is 3.54. The van der Waals surface area contributed by atoms with Crippen molar-refractivity contribution in [1.29, 1.82) is 0 Å². The highest BCUT2D eigenvalue weighted by Crippen LogP contribution is 2.20. The number of nitrogens with zero attached hydrogens (tertiary/aromatic N) is 5. The molecule has 3 heterocycles. The van der Waals surface area contributed by atoms with Gasteiger partial charge in [-0.2, -0.15) is 5.10 Å². The van der Waals surface area contributed by atoms with Gasteiger partial charge in [0.2, 0.25) is 0 Å². The van der Waals surface area contributed by atoms with Crippen LogP contribution in [0.2, 0.25) is 0 Å². The Kier molecular flexibility index (Phi) is 4.85. The Bertz CT molecular complexity index is 572. The zero-order valence-corrected chi connectivity index (χ0v) is 13.5. The zero-order chi connectivity index (χ0) is 15.4. The number of rotatable bonds is 5. The summed E-state index contributed by atoms with van der Waals surface area (Å²) in [6.45, 7) is 10.7. The number of hydrogen-bond acceptors (Lipinski definition) is 4. The van der Waals surface area contributed by atoms with Gasteiger partial charge < -0.3 is 0 Å². The Morgan fingerprint density at radius 1 is 1.18 bits per heavy atom. The molecule has 0 aromatic carbocycles. The number of aromatic nitrogens is 3. The summed E-state index contributed by atoms with van der Waals surface area (Å²) >= 11 is 0. The summed E-state index contributed by atoms with van der Waals surface area (Å²) in [5.41, 5.74) is 2.48. The average Bonchev–Trinajstić information content (AvgIpc) is 3.03. The molecule has 0 saturated carbocycles. The summed E-state index contributed by atoms with van der Waals surface area (Å²) in [7, 11) is 0. The van der Waals surface area contributed by atoms with Crippen LogP contribution in [0.1, 0.15) is 31.1 Å². The molecule has 5 heteroatoms. The van der Waals surface area contributed by atoms with Crippen LogP contribution in [0.5, 0.6) is 0 Å². The lowest BCUT2D eigenvalue weighted by molar-refractivity contribution is 0.0964. The van der Waals surface area contributed by atoms with E-state index in [4.69, 9.17) is 0 Å². The largest absolute Gasteiger partial charge is 0.296 e. The van der Waals surface area contributed by atoms with E-state index in [9.17, 15) is 0 Å². The number of pyridine rings is 1. The first-order valence-electron chi connectivity index (χ1n) is 8.15. The van der Waals surface area contributed by atoms with Crippen molar-refractivity contribution in [3.8, 4) is 0 Å². The first kappa shape index (κ1) is 15.2. The Hall–Kier alpha value is -1.72. The van der Waals surface area contributed by atoms with Crippen LogP contribution in [0.4, 0.5) is 0 Å². The van der Waals surface area contributed by atoms with Crippen molar-refractivity contribution >= 4 is 0 Å². The third-order valence-electron chi connectivity index (χ3n) is 4.49. The van der Waals surface area contributed by atoms with Crippen LogP contribution in [-0.2, 0) is 13.1 Å². The van der Waals surface area contributed by atoms with Crippen molar-refractivity contribution in [2.45, 2.75) is 33.0 Å². The minimum atomic E-state index is 0.395. The molecule has 0 spiro atoms. The summed E-state index contributed by atoms with van der Waals surface area (Å²) in [5, 5.41) is 4.35. The Morgan fingerprint density at radius 2 is 2.00 bits per heavy atom. The molecule has 2 aromatic heterocycles. The number of aryl methyl sites for hydroxylation is 1. The molecule has 1 unspecified atom stereocenters. The fourth-order valence-electron chi connectivity index (χ4n) is 3.04. The number of hydrogen-bond donors (Lipinski definition) is 0. The Balaban J connectivity index is 1.52. The third-order valence-corrected chi connectivity index (χ3v) is 4.49. The van der Waals surface area contributed by atoms with Gasteiger partial charge in [-0.1, -0.05) is 6.07 Å². The minimum Gasteiger partial charge on any atom is -0.296 e. The summed E-state index contributed by atoms with van der Waals surface area (Å²) < 4.78 is 1.99. The highest BCUT2D eigenvalue weighted by molar-refractivity contribution is 5.08. The molecule has 2 aromatic rings. The van der Waals surface area contributed by atoms with Gasteiger partial charge in [0.1, 0.15) is 0 Å². The molecule has 1 aliphatic heterocycles. The van der Waals surface area contributed by atoms with E-state index in [2.05, 4.69) is 52.1 Å². The Labute approximate surface area is 132 Å². The zero-order valence-electron chi connectivity index (χ0n) is 13.5. The molecule has 118 valence electrons. The standard InChI is InChI=1S/C17H25N5/c1-3-22-14-16(12-19-22)13-20-8-10-21(11-9-20)15(2)17-6-4-5-7-18-17/h4-7,12,14-15H,3,8-11,13H2,1-2H3. The summed E-state index contributed by atoms with van der Waals surface area (Å²) in [5.74, 6) is 0. The van der Waals surface area contributed by atoms with Gasteiger partial charge in [0.25, 0.3) is 0 Å². The highest BCUT2D eigenvalue weighted by Gasteiger charge is 2.22. The lowest BCUT2D eigenvalue weighted by atomic mass is 10.1. The molecule has 1 atom stereocenters. The molecule has 1 aliphatic rings. The quantitative estimate of drug-likeness (QED) is 0.848. The maximum absolute atomic E-state index is 4.49. The molecular formula is C17H25N5. The smallest absolute Gasteiger partial charge is 0.0572 e. The van der Waals surface area contributed by atoms with E-state index in [1.165, 1.54) is 11.3 Å². The van der Waals surface area contributed by atoms with Crippen LogP contribution < -0.4 is 0 Å². The molecule has 0 N–H and O–H groups in total. The molecule has 0 aliphatic carbocycles. The fourth-order valence-corrected chi connectivity index (χ4v) is 3.04. The van der Waals surface area contributed by atoms with E-state index < -0.39 is 0 Å². The SMILES string of the molecule is CCn1cc(CN2CCN(C(C)c3ccccn3)CC2)cn1. The Morgan fingerprint density at radius 3 is 2.64 bits per heavy atom. The summed E-state index contributed by atoms with van der Waals surface area (Å²) in [6.07, 6.45) is 6.03. The van der Waals surface area contributed by atoms with Crippen molar-refractivity contribution in [1.82, 2.24) is 24.6 Å². The molecule has 5 nitrogen and oxygen atoms in total.